The van der Waals surface area contributed by atoms with Gasteiger partial charge in [-0.1, -0.05) is 12.1 Å². The Morgan fingerprint density at radius 2 is 2.33 bits per heavy atom. The van der Waals surface area contributed by atoms with E-state index in [2.05, 4.69) is 10.2 Å². The quantitative estimate of drug-likeness (QED) is 0.783. The minimum Gasteiger partial charge on any atom is -0.497 e. The van der Waals surface area contributed by atoms with E-state index in [0.29, 0.717) is 30.6 Å². The molecule has 0 spiro atoms. The van der Waals surface area contributed by atoms with E-state index in [1.807, 2.05) is 24.3 Å². The molecule has 0 aliphatic carbocycles. The molecule has 6 nitrogen and oxygen atoms in total. The van der Waals surface area contributed by atoms with E-state index in [1.165, 1.54) is 11.8 Å². The van der Waals surface area contributed by atoms with Crippen LogP contribution in [0.3, 0.4) is 0 Å². The standard InChI is InChI=1S/C14H14N2O4S/c1-18-10-4-2-3-9(7-10)8-12-15-16-14(20-12)21-11-5-6-19-13(11)17/h2-4,7,11H,5-6,8H2,1H3/t11-/m0/s1. The van der Waals surface area contributed by atoms with Crippen molar-refractivity contribution in [1.82, 2.24) is 10.2 Å². The zero-order valence-electron chi connectivity index (χ0n) is 11.4. The summed E-state index contributed by atoms with van der Waals surface area (Å²) in [6.45, 7) is 0.460. The van der Waals surface area contributed by atoms with Crippen LogP contribution < -0.4 is 4.74 Å². The highest BCUT2D eigenvalue weighted by molar-refractivity contribution is 8.00. The zero-order chi connectivity index (χ0) is 14.7. The van der Waals surface area contributed by atoms with Crippen molar-refractivity contribution >= 4 is 17.7 Å². The summed E-state index contributed by atoms with van der Waals surface area (Å²) in [5.41, 5.74) is 1.02. The number of aromatic nitrogens is 2. The van der Waals surface area contributed by atoms with Gasteiger partial charge in [0.2, 0.25) is 5.89 Å². The Kier molecular flexibility index (Phi) is 4.10. The first-order valence-electron chi connectivity index (χ1n) is 6.53. The van der Waals surface area contributed by atoms with E-state index in [9.17, 15) is 4.79 Å². The van der Waals surface area contributed by atoms with E-state index in [-0.39, 0.29) is 11.2 Å². The first-order chi connectivity index (χ1) is 10.2. The molecule has 1 aliphatic rings. The molecule has 2 aromatic rings. The number of methoxy groups -OCH3 is 1. The van der Waals surface area contributed by atoms with Crippen molar-refractivity contribution in [2.75, 3.05) is 13.7 Å². The lowest BCUT2D eigenvalue weighted by molar-refractivity contribution is -0.137. The van der Waals surface area contributed by atoms with Crippen molar-refractivity contribution in [1.29, 1.82) is 0 Å². The second-order valence-corrected chi connectivity index (χ2v) is 5.71. The average Bonchev–Trinajstić information content (AvgIpc) is 3.10. The number of cyclic esters (lactones) is 1. The highest BCUT2D eigenvalue weighted by Crippen LogP contribution is 2.28. The molecule has 1 aromatic heterocycles. The molecule has 2 heterocycles. The molecule has 1 atom stereocenters. The van der Waals surface area contributed by atoms with Gasteiger partial charge in [-0.15, -0.1) is 10.2 Å². The van der Waals surface area contributed by atoms with Gasteiger partial charge in [0.05, 0.1) is 20.1 Å². The number of nitrogens with zero attached hydrogens (tertiary/aromatic N) is 2. The van der Waals surface area contributed by atoms with E-state index >= 15 is 0 Å². The lowest BCUT2D eigenvalue weighted by atomic mass is 10.1. The van der Waals surface area contributed by atoms with E-state index < -0.39 is 0 Å². The third-order valence-electron chi connectivity index (χ3n) is 3.07. The van der Waals surface area contributed by atoms with Crippen LogP contribution in [0, 0.1) is 0 Å². The topological polar surface area (TPSA) is 74.5 Å². The molecule has 1 aliphatic heterocycles. The largest absolute Gasteiger partial charge is 0.497 e. The number of hydrogen-bond acceptors (Lipinski definition) is 7. The van der Waals surface area contributed by atoms with Gasteiger partial charge in [0.25, 0.3) is 5.22 Å². The monoisotopic (exact) mass is 306 g/mol. The van der Waals surface area contributed by atoms with Crippen LogP contribution in [-0.2, 0) is 16.0 Å². The second-order valence-electron chi connectivity index (χ2n) is 4.55. The summed E-state index contributed by atoms with van der Waals surface area (Å²) in [4.78, 5) is 11.4. The van der Waals surface area contributed by atoms with Crippen molar-refractivity contribution in [3.8, 4) is 5.75 Å². The normalized spacial score (nSPS) is 17.8. The summed E-state index contributed by atoms with van der Waals surface area (Å²) >= 11 is 1.26. The van der Waals surface area contributed by atoms with E-state index in [4.69, 9.17) is 13.9 Å². The summed E-state index contributed by atoms with van der Waals surface area (Å²) in [5, 5.41) is 8.12. The molecule has 0 radical (unpaired) electrons. The maximum Gasteiger partial charge on any atom is 0.319 e. The van der Waals surface area contributed by atoms with Crippen LogP contribution in [0.25, 0.3) is 0 Å². The summed E-state index contributed by atoms with van der Waals surface area (Å²) in [6, 6.07) is 7.68. The highest BCUT2D eigenvalue weighted by Gasteiger charge is 2.29. The molecule has 1 aromatic carbocycles. The fourth-order valence-electron chi connectivity index (χ4n) is 2.02. The van der Waals surface area contributed by atoms with Crippen LogP contribution in [0.15, 0.2) is 33.9 Å². The van der Waals surface area contributed by atoms with Gasteiger partial charge in [-0.05, 0) is 29.5 Å². The minimum atomic E-state index is -0.241. The van der Waals surface area contributed by atoms with Crippen molar-refractivity contribution in [2.24, 2.45) is 0 Å². The Labute approximate surface area is 125 Å². The van der Waals surface area contributed by atoms with Crippen molar-refractivity contribution < 1.29 is 18.7 Å². The number of esters is 1. The molecule has 110 valence electrons. The molecular formula is C14H14N2O4S. The second kappa shape index (κ2) is 6.17. The van der Waals surface area contributed by atoms with Gasteiger partial charge < -0.3 is 13.9 Å². The fraction of sp³-hybridized carbons (Fsp3) is 0.357. The number of benzene rings is 1. The number of thioether (sulfide) groups is 1. The zero-order valence-corrected chi connectivity index (χ0v) is 12.3. The molecule has 0 amide bonds. The molecule has 0 bridgehead atoms. The van der Waals surface area contributed by atoms with Crippen molar-refractivity contribution in [3.05, 3.63) is 35.7 Å². The first kappa shape index (κ1) is 13.9. The van der Waals surface area contributed by atoms with Crippen LogP contribution in [0.5, 0.6) is 5.75 Å². The van der Waals surface area contributed by atoms with Crippen LogP contribution in [-0.4, -0.2) is 35.1 Å². The Balaban J connectivity index is 1.65. The van der Waals surface area contributed by atoms with Gasteiger partial charge in [-0.2, -0.15) is 0 Å². The lowest BCUT2D eigenvalue weighted by Gasteiger charge is -2.02. The summed E-state index contributed by atoms with van der Waals surface area (Å²) in [5.74, 6) is 1.08. The first-order valence-corrected chi connectivity index (χ1v) is 7.41. The maximum absolute atomic E-state index is 11.4. The highest BCUT2D eigenvalue weighted by atomic mass is 32.2. The molecule has 1 saturated heterocycles. The van der Waals surface area contributed by atoms with Gasteiger partial charge in [-0.25, -0.2) is 0 Å². The van der Waals surface area contributed by atoms with Crippen LogP contribution in [0.2, 0.25) is 0 Å². The predicted molar refractivity (Wildman–Crippen MR) is 75.3 cm³/mol. The molecule has 7 heteroatoms. The Morgan fingerprint density at radius 1 is 1.43 bits per heavy atom. The van der Waals surface area contributed by atoms with Crippen LogP contribution in [0.4, 0.5) is 0 Å². The predicted octanol–water partition coefficient (Wildman–Crippen LogP) is 2.08. The van der Waals surface area contributed by atoms with Crippen molar-refractivity contribution in [3.63, 3.8) is 0 Å². The minimum absolute atomic E-state index is 0.215. The van der Waals surface area contributed by atoms with E-state index in [0.717, 1.165) is 11.3 Å². The Morgan fingerprint density at radius 3 is 3.10 bits per heavy atom. The SMILES string of the molecule is COc1cccc(Cc2nnc(S[C@H]3CCOC3=O)o2)c1. The average molecular weight is 306 g/mol. The molecule has 1 fully saturated rings. The van der Waals surface area contributed by atoms with Gasteiger partial charge in [0.15, 0.2) is 0 Å². The fourth-order valence-corrected chi connectivity index (χ4v) is 2.87. The number of carbonyl (C=O) groups is 1. The van der Waals surface area contributed by atoms with Crippen molar-refractivity contribution in [2.45, 2.75) is 23.3 Å². The van der Waals surface area contributed by atoms with Gasteiger partial charge in [-0.3, -0.25) is 4.79 Å². The molecular weight excluding hydrogens is 292 g/mol. The van der Waals surface area contributed by atoms with Gasteiger partial charge in [0, 0.05) is 6.42 Å². The molecule has 21 heavy (non-hydrogen) atoms. The number of carbonyl (C=O) groups excluding carboxylic acids is 1. The summed E-state index contributed by atoms with van der Waals surface area (Å²) in [7, 11) is 1.63. The summed E-state index contributed by atoms with van der Waals surface area (Å²) < 4.78 is 15.6. The van der Waals surface area contributed by atoms with Gasteiger partial charge in [0.1, 0.15) is 11.0 Å². The molecule has 0 saturated carbocycles. The maximum atomic E-state index is 11.4. The van der Waals surface area contributed by atoms with Crippen LogP contribution >= 0.6 is 11.8 Å². The van der Waals surface area contributed by atoms with E-state index in [1.54, 1.807) is 7.11 Å². The van der Waals surface area contributed by atoms with Crippen LogP contribution in [0.1, 0.15) is 17.9 Å². The summed E-state index contributed by atoms with van der Waals surface area (Å²) in [6.07, 6.45) is 1.21. The molecule has 3 rings (SSSR count). The Bertz CT molecular complexity index is 643. The smallest absolute Gasteiger partial charge is 0.319 e. The third kappa shape index (κ3) is 3.36. The van der Waals surface area contributed by atoms with Gasteiger partial charge >= 0.3 is 5.97 Å². The number of ether oxygens (including phenoxy) is 2. The number of hydrogen-bond donors (Lipinski definition) is 0. The molecule has 0 N–H and O–H groups in total. The molecule has 0 unspecified atom stereocenters. The Hall–Kier alpha value is -2.02. The lowest BCUT2D eigenvalue weighted by Crippen LogP contribution is -2.09. The third-order valence-corrected chi connectivity index (χ3v) is 4.15. The number of rotatable bonds is 5.